The van der Waals surface area contributed by atoms with Crippen molar-refractivity contribution in [3.05, 3.63) is 59.7 Å². The molecule has 1 N–H and O–H groups in total. The van der Waals surface area contributed by atoms with E-state index in [4.69, 9.17) is 18.9 Å². The van der Waals surface area contributed by atoms with Gasteiger partial charge in [-0.2, -0.15) is 0 Å². The van der Waals surface area contributed by atoms with Crippen LogP contribution in [0.25, 0.3) is 0 Å². The fraction of sp³-hybridized carbons (Fsp3) is 0.318. The van der Waals surface area contributed by atoms with Crippen LogP contribution in [-0.2, 0) is 25.5 Å². The van der Waals surface area contributed by atoms with Crippen molar-refractivity contribution in [1.29, 1.82) is 0 Å². The highest BCUT2D eigenvalue weighted by Gasteiger charge is 2.23. The normalized spacial score (nSPS) is 11.2. The number of methoxy groups -OCH3 is 2. The minimum Gasteiger partial charge on any atom is -0.493 e. The maximum Gasteiger partial charge on any atom is 0.338 e. The number of rotatable bonds is 10. The van der Waals surface area contributed by atoms with Crippen molar-refractivity contribution < 1.29 is 33.3 Å². The van der Waals surface area contributed by atoms with Crippen molar-refractivity contribution >= 4 is 17.8 Å². The molecule has 1 atom stereocenters. The van der Waals surface area contributed by atoms with Gasteiger partial charge in [0.25, 0.3) is 5.91 Å². The fourth-order valence-electron chi connectivity index (χ4n) is 2.71. The van der Waals surface area contributed by atoms with Gasteiger partial charge in [0.05, 0.1) is 26.4 Å². The molecule has 0 aliphatic heterocycles. The van der Waals surface area contributed by atoms with Crippen LogP contribution in [0.15, 0.2) is 48.5 Å². The second-order valence-electron chi connectivity index (χ2n) is 6.21. The molecule has 0 unspecified atom stereocenters. The van der Waals surface area contributed by atoms with Gasteiger partial charge in [-0.1, -0.05) is 30.3 Å². The molecular formula is C22H25NO7. The van der Waals surface area contributed by atoms with Gasteiger partial charge in [0.2, 0.25) is 0 Å². The average Bonchev–Trinajstić information content (AvgIpc) is 2.77. The van der Waals surface area contributed by atoms with Crippen LogP contribution in [0.1, 0.15) is 22.8 Å². The van der Waals surface area contributed by atoms with Crippen molar-refractivity contribution in [1.82, 2.24) is 5.32 Å². The third kappa shape index (κ3) is 6.51. The molecule has 1 amide bonds. The second kappa shape index (κ2) is 11.5. The Bertz CT molecular complexity index is 867. The molecule has 160 valence electrons. The maximum atomic E-state index is 12.3. The molecule has 2 aromatic carbocycles. The summed E-state index contributed by atoms with van der Waals surface area (Å²) in [5.74, 6) is -1.03. The van der Waals surface area contributed by atoms with Gasteiger partial charge in [-0.3, -0.25) is 4.79 Å². The number of benzene rings is 2. The van der Waals surface area contributed by atoms with Gasteiger partial charge in [-0.15, -0.1) is 0 Å². The standard InChI is InChI=1S/C22H25NO7/c1-4-29-19-13-16(10-11-18(19)27-2)21(25)30-14-20(24)23-17(22(26)28-3)12-15-8-6-5-7-9-15/h5-11,13,17H,4,12,14H2,1-3H3,(H,23,24)/t17-/m1/s1. The number of hydrogen-bond acceptors (Lipinski definition) is 7. The molecule has 0 aliphatic carbocycles. The van der Waals surface area contributed by atoms with E-state index in [0.29, 0.717) is 18.1 Å². The highest BCUT2D eigenvalue weighted by molar-refractivity contribution is 5.92. The van der Waals surface area contributed by atoms with E-state index in [0.717, 1.165) is 5.56 Å². The van der Waals surface area contributed by atoms with Gasteiger partial charge < -0.3 is 24.3 Å². The van der Waals surface area contributed by atoms with E-state index in [9.17, 15) is 14.4 Å². The molecule has 0 aromatic heterocycles. The molecule has 0 aliphatic rings. The molecule has 0 heterocycles. The zero-order valence-corrected chi connectivity index (χ0v) is 17.2. The van der Waals surface area contributed by atoms with E-state index < -0.39 is 30.5 Å². The summed E-state index contributed by atoms with van der Waals surface area (Å²) in [7, 11) is 2.74. The third-order valence-corrected chi connectivity index (χ3v) is 4.14. The minimum atomic E-state index is -0.894. The van der Waals surface area contributed by atoms with Gasteiger partial charge in [0.15, 0.2) is 18.1 Å². The summed E-state index contributed by atoms with van der Waals surface area (Å²) in [4.78, 5) is 36.5. The smallest absolute Gasteiger partial charge is 0.338 e. The Morgan fingerprint density at radius 3 is 2.37 bits per heavy atom. The van der Waals surface area contributed by atoms with Gasteiger partial charge in [-0.05, 0) is 30.7 Å². The first-order chi connectivity index (χ1) is 14.5. The lowest BCUT2D eigenvalue weighted by Gasteiger charge is -2.16. The molecule has 8 nitrogen and oxygen atoms in total. The van der Waals surface area contributed by atoms with E-state index in [-0.39, 0.29) is 12.0 Å². The molecule has 0 saturated heterocycles. The zero-order chi connectivity index (χ0) is 21.9. The van der Waals surface area contributed by atoms with Crippen LogP contribution in [0.2, 0.25) is 0 Å². The van der Waals surface area contributed by atoms with E-state index in [1.54, 1.807) is 6.07 Å². The van der Waals surface area contributed by atoms with Crippen molar-refractivity contribution in [2.24, 2.45) is 0 Å². The number of esters is 2. The van der Waals surface area contributed by atoms with Crippen molar-refractivity contribution in [2.75, 3.05) is 27.4 Å². The van der Waals surface area contributed by atoms with E-state index in [1.807, 2.05) is 37.3 Å². The Labute approximate surface area is 175 Å². The minimum absolute atomic E-state index is 0.209. The molecule has 0 fully saturated rings. The Morgan fingerprint density at radius 1 is 1.00 bits per heavy atom. The van der Waals surface area contributed by atoms with Crippen molar-refractivity contribution in [3.63, 3.8) is 0 Å². The lowest BCUT2D eigenvalue weighted by Crippen LogP contribution is -2.44. The molecule has 2 rings (SSSR count). The highest BCUT2D eigenvalue weighted by atomic mass is 16.5. The van der Waals surface area contributed by atoms with E-state index in [2.05, 4.69) is 5.32 Å². The number of nitrogens with one attached hydrogen (secondary N) is 1. The first-order valence-electron chi connectivity index (χ1n) is 9.37. The third-order valence-electron chi connectivity index (χ3n) is 4.14. The summed E-state index contributed by atoms with van der Waals surface area (Å²) < 4.78 is 20.4. The summed E-state index contributed by atoms with van der Waals surface area (Å²) in [5.41, 5.74) is 1.06. The monoisotopic (exact) mass is 415 g/mol. The molecule has 30 heavy (non-hydrogen) atoms. The second-order valence-corrected chi connectivity index (χ2v) is 6.21. The lowest BCUT2D eigenvalue weighted by atomic mass is 10.1. The molecule has 0 bridgehead atoms. The first kappa shape index (κ1) is 22.7. The highest BCUT2D eigenvalue weighted by Crippen LogP contribution is 2.28. The number of carbonyl (C=O) groups excluding carboxylic acids is 3. The predicted octanol–water partition coefficient (Wildman–Crippen LogP) is 2.15. The number of amides is 1. The number of hydrogen-bond donors (Lipinski definition) is 1. The molecule has 0 radical (unpaired) electrons. The summed E-state index contributed by atoms with van der Waals surface area (Å²) in [6, 6.07) is 12.9. The molecule has 8 heteroatoms. The summed E-state index contributed by atoms with van der Waals surface area (Å²) in [6.07, 6.45) is 0.253. The summed E-state index contributed by atoms with van der Waals surface area (Å²) in [6.45, 7) is 1.66. The van der Waals surface area contributed by atoms with Crippen molar-refractivity contribution in [2.45, 2.75) is 19.4 Å². The Kier molecular flexibility index (Phi) is 8.68. The molecule has 2 aromatic rings. The van der Waals surface area contributed by atoms with Gasteiger partial charge >= 0.3 is 11.9 Å². The van der Waals surface area contributed by atoms with Crippen LogP contribution in [0.3, 0.4) is 0 Å². The van der Waals surface area contributed by atoms with Crippen LogP contribution in [-0.4, -0.2) is 51.3 Å². The van der Waals surface area contributed by atoms with Gasteiger partial charge in [0.1, 0.15) is 6.04 Å². The fourth-order valence-corrected chi connectivity index (χ4v) is 2.71. The van der Waals surface area contributed by atoms with E-state index in [1.165, 1.54) is 26.4 Å². The van der Waals surface area contributed by atoms with Crippen LogP contribution in [0, 0.1) is 0 Å². The Balaban J connectivity index is 1.97. The van der Waals surface area contributed by atoms with Gasteiger partial charge in [0, 0.05) is 6.42 Å². The van der Waals surface area contributed by atoms with Gasteiger partial charge in [-0.25, -0.2) is 9.59 Å². The first-order valence-corrected chi connectivity index (χ1v) is 9.37. The SMILES string of the molecule is CCOc1cc(C(=O)OCC(=O)N[C@H](Cc2ccccc2)C(=O)OC)ccc1OC. The molecule has 0 saturated carbocycles. The maximum absolute atomic E-state index is 12.3. The number of carbonyl (C=O) groups is 3. The Hall–Kier alpha value is -3.55. The lowest BCUT2D eigenvalue weighted by molar-refractivity contribution is -0.145. The Morgan fingerprint density at radius 2 is 1.73 bits per heavy atom. The summed E-state index contributed by atoms with van der Waals surface area (Å²) >= 11 is 0. The largest absolute Gasteiger partial charge is 0.493 e. The topological polar surface area (TPSA) is 100 Å². The number of ether oxygens (including phenoxy) is 4. The summed E-state index contributed by atoms with van der Waals surface area (Å²) in [5, 5.41) is 2.54. The van der Waals surface area contributed by atoms with E-state index >= 15 is 0 Å². The van der Waals surface area contributed by atoms with Crippen molar-refractivity contribution in [3.8, 4) is 11.5 Å². The van der Waals surface area contributed by atoms with Crippen LogP contribution < -0.4 is 14.8 Å². The predicted molar refractivity (Wildman–Crippen MR) is 109 cm³/mol. The molecular weight excluding hydrogens is 390 g/mol. The zero-order valence-electron chi connectivity index (χ0n) is 17.2. The molecule has 0 spiro atoms. The average molecular weight is 415 g/mol. The quantitative estimate of drug-likeness (QED) is 0.594. The van der Waals surface area contributed by atoms with Crippen LogP contribution in [0.4, 0.5) is 0 Å². The van der Waals surface area contributed by atoms with Crippen LogP contribution in [0.5, 0.6) is 11.5 Å². The van der Waals surface area contributed by atoms with Crippen LogP contribution >= 0.6 is 0 Å².